The van der Waals surface area contributed by atoms with Gasteiger partial charge in [0.05, 0.1) is 6.42 Å². The molecule has 0 N–H and O–H groups in total. The summed E-state index contributed by atoms with van der Waals surface area (Å²) in [6.07, 6.45) is 0.0732. The zero-order valence-electron chi connectivity index (χ0n) is 16.3. The van der Waals surface area contributed by atoms with Gasteiger partial charge in [-0.15, -0.1) is 0 Å². The fourth-order valence-electron chi connectivity index (χ4n) is 4.54. The van der Waals surface area contributed by atoms with E-state index in [1.807, 2.05) is 23.9 Å². The van der Waals surface area contributed by atoms with Gasteiger partial charge in [-0.3, -0.25) is 9.59 Å². The fraction of sp³-hybridized carbons (Fsp3) is 0.600. The molecule has 7 heteroatoms. The van der Waals surface area contributed by atoms with Crippen LogP contribution >= 0.6 is 0 Å². The number of nitrogens with zero attached hydrogens (tertiary/aromatic N) is 3. The van der Waals surface area contributed by atoms with Crippen LogP contribution in [0.25, 0.3) is 0 Å². The number of methoxy groups -OCH3 is 1. The van der Waals surface area contributed by atoms with Gasteiger partial charge in [0.15, 0.2) is 0 Å². The van der Waals surface area contributed by atoms with E-state index in [1.54, 1.807) is 18.2 Å². The number of carbonyl (C=O) groups is 2. The summed E-state index contributed by atoms with van der Waals surface area (Å²) in [5, 5.41) is 0. The van der Waals surface area contributed by atoms with Crippen molar-refractivity contribution in [2.45, 2.75) is 6.42 Å². The fourth-order valence-corrected chi connectivity index (χ4v) is 4.54. The summed E-state index contributed by atoms with van der Waals surface area (Å²) in [6.45, 7) is 3.36. The van der Waals surface area contributed by atoms with Crippen molar-refractivity contribution in [1.82, 2.24) is 14.7 Å². The van der Waals surface area contributed by atoms with Gasteiger partial charge < -0.3 is 19.4 Å². The molecule has 0 unspecified atom stereocenters. The van der Waals surface area contributed by atoms with Crippen molar-refractivity contribution in [3.63, 3.8) is 0 Å². The van der Waals surface area contributed by atoms with E-state index in [0.29, 0.717) is 31.7 Å². The van der Waals surface area contributed by atoms with Gasteiger partial charge in [-0.2, -0.15) is 0 Å². The van der Waals surface area contributed by atoms with Crippen LogP contribution in [-0.2, 0) is 20.7 Å². The first kappa shape index (κ1) is 19.8. The number of benzene rings is 1. The lowest BCUT2D eigenvalue weighted by atomic mass is 9.80. The minimum absolute atomic E-state index is 0.00531. The van der Waals surface area contributed by atoms with E-state index < -0.39 is 0 Å². The Balaban J connectivity index is 1.71. The highest BCUT2D eigenvalue weighted by Crippen LogP contribution is 2.43. The van der Waals surface area contributed by atoms with Crippen LogP contribution < -0.4 is 0 Å². The Morgan fingerprint density at radius 2 is 1.81 bits per heavy atom. The lowest BCUT2D eigenvalue weighted by Crippen LogP contribution is -2.44. The number of fused-ring (bicyclic) bond motifs is 1. The van der Waals surface area contributed by atoms with Gasteiger partial charge in [-0.25, -0.2) is 4.39 Å². The monoisotopic (exact) mass is 377 g/mol. The summed E-state index contributed by atoms with van der Waals surface area (Å²) >= 11 is 0. The summed E-state index contributed by atoms with van der Waals surface area (Å²) in [6, 6.07) is 6.41. The Kier molecular flexibility index (Phi) is 5.81. The smallest absolute Gasteiger partial charge is 0.248 e. The van der Waals surface area contributed by atoms with Gasteiger partial charge in [0.1, 0.15) is 12.4 Å². The predicted octanol–water partition coefficient (Wildman–Crippen LogP) is 0.863. The normalized spacial score (nSPS) is 24.6. The molecule has 1 aromatic carbocycles. The number of ether oxygens (including phenoxy) is 1. The van der Waals surface area contributed by atoms with Gasteiger partial charge >= 0.3 is 0 Å². The molecule has 2 heterocycles. The zero-order chi connectivity index (χ0) is 19.6. The molecule has 0 radical (unpaired) electrons. The molecule has 2 aliphatic heterocycles. The Morgan fingerprint density at radius 1 is 1.19 bits per heavy atom. The molecule has 6 nitrogen and oxygen atoms in total. The first-order chi connectivity index (χ1) is 12.8. The summed E-state index contributed by atoms with van der Waals surface area (Å²) in [5.41, 5.74) is 0.288. The predicted molar refractivity (Wildman–Crippen MR) is 99.6 cm³/mol. The van der Waals surface area contributed by atoms with Crippen molar-refractivity contribution < 1.29 is 18.7 Å². The van der Waals surface area contributed by atoms with Gasteiger partial charge in [-0.1, -0.05) is 18.2 Å². The van der Waals surface area contributed by atoms with Crippen LogP contribution in [0.3, 0.4) is 0 Å². The van der Waals surface area contributed by atoms with Crippen LogP contribution in [-0.4, -0.2) is 87.0 Å². The summed E-state index contributed by atoms with van der Waals surface area (Å²) < 4.78 is 18.9. The zero-order valence-corrected chi connectivity index (χ0v) is 16.3. The first-order valence-electron chi connectivity index (χ1n) is 9.27. The highest BCUT2D eigenvalue weighted by atomic mass is 19.1. The second-order valence-electron chi connectivity index (χ2n) is 8.05. The van der Waals surface area contributed by atoms with Crippen LogP contribution in [0.4, 0.5) is 4.39 Å². The van der Waals surface area contributed by atoms with Crippen LogP contribution in [0.1, 0.15) is 5.56 Å². The van der Waals surface area contributed by atoms with Crippen LogP contribution in [0, 0.1) is 17.2 Å². The van der Waals surface area contributed by atoms with Crippen molar-refractivity contribution >= 4 is 11.8 Å². The van der Waals surface area contributed by atoms with E-state index in [0.717, 1.165) is 6.54 Å². The third-order valence-electron chi connectivity index (χ3n) is 5.66. The van der Waals surface area contributed by atoms with Crippen molar-refractivity contribution in [2.24, 2.45) is 11.3 Å². The van der Waals surface area contributed by atoms with Crippen LogP contribution in [0.2, 0.25) is 0 Å². The number of hydrogen-bond acceptors (Lipinski definition) is 4. The molecule has 2 saturated heterocycles. The van der Waals surface area contributed by atoms with E-state index in [1.165, 1.54) is 13.2 Å². The minimum atomic E-state index is -0.343. The number of halogens is 1. The summed E-state index contributed by atoms with van der Waals surface area (Å²) in [4.78, 5) is 30.9. The van der Waals surface area contributed by atoms with Crippen molar-refractivity contribution in [1.29, 1.82) is 0 Å². The minimum Gasteiger partial charge on any atom is -0.375 e. The summed E-state index contributed by atoms with van der Waals surface area (Å²) in [7, 11) is 5.54. The van der Waals surface area contributed by atoms with Gasteiger partial charge in [0.2, 0.25) is 11.8 Å². The molecule has 0 aromatic heterocycles. The molecule has 0 saturated carbocycles. The number of carbonyl (C=O) groups excluding carboxylic acids is 2. The van der Waals surface area contributed by atoms with Crippen molar-refractivity contribution in [3.05, 3.63) is 35.6 Å². The lowest BCUT2D eigenvalue weighted by molar-refractivity contribution is -0.135. The largest absolute Gasteiger partial charge is 0.375 e. The molecule has 0 aliphatic carbocycles. The Morgan fingerprint density at radius 3 is 2.41 bits per heavy atom. The molecule has 0 bridgehead atoms. The van der Waals surface area contributed by atoms with E-state index >= 15 is 0 Å². The average molecular weight is 377 g/mol. The maximum absolute atomic E-state index is 13.9. The number of likely N-dealkylation sites (tertiary alicyclic amines) is 2. The van der Waals surface area contributed by atoms with E-state index in [4.69, 9.17) is 4.74 Å². The maximum atomic E-state index is 13.9. The summed E-state index contributed by atoms with van der Waals surface area (Å²) in [5.74, 6) is -0.175. The van der Waals surface area contributed by atoms with Crippen LogP contribution in [0.5, 0.6) is 0 Å². The standard InChI is InChI=1S/C20H28FN3O3/c1-22(2)12-20-13-23(18(25)8-15-6-4-5-7-17(15)21)9-16(20)10-24(14-20)19(26)11-27-3/h4-7,16H,8-14H2,1-3H3/t16-,20+/m0/s1. The van der Waals surface area contributed by atoms with Gasteiger partial charge in [-0.05, 0) is 25.7 Å². The molecular formula is C20H28FN3O3. The average Bonchev–Trinajstić information content (AvgIpc) is 3.10. The van der Waals surface area contributed by atoms with E-state index in [-0.39, 0.29) is 42.0 Å². The number of hydrogen-bond donors (Lipinski definition) is 0. The molecule has 1 aromatic rings. The Hall–Kier alpha value is -1.99. The van der Waals surface area contributed by atoms with Crippen molar-refractivity contribution in [2.75, 3.05) is 60.5 Å². The molecule has 2 amide bonds. The molecule has 2 aliphatic rings. The highest BCUT2D eigenvalue weighted by molar-refractivity contribution is 5.80. The van der Waals surface area contributed by atoms with E-state index in [9.17, 15) is 14.0 Å². The number of rotatable bonds is 6. The number of amides is 2. The first-order valence-corrected chi connectivity index (χ1v) is 9.27. The quantitative estimate of drug-likeness (QED) is 0.738. The molecule has 2 fully saturated rings. The Labute approximate surface area is 159 Å². The SMILES string of the molecule is COCC(=O)N1C[C@@H]2CN(C(=O)Cc3ccccc3F)C[C@]2(CN(C)C)C1. The topological polar surface area (TPSA) is 53.1 Å². The third-order valence-corrected chi connectivity index (χ3v) is 5.66. The molecule has 27 heavy (non-hydrogen) atoms. The second kappa shape index (κ2) is 7.94. The molecule has 3 rings (SSSR count). The molecule has 0 spiro atoms. The Bertz CT molecular complexity index is 711. The molecule has 2 atom stereocenters. The van der Waals surface area contributed by atoms with Crippen molar-refractivity contribution in [3.8, 4) is 0 Å². The second-order valence-corrected chi connectivity index (χ2v) is 8.05. The third kappa shape index (κ3) is 4.14. The van der Waals surface area contributed by atoms with Crippen LogP contribution in [0.15, 0.2) is 24.3 Å². The van der Waals surface area contributed by atoms with Gasteiger partial charge in [0.25, 0.3) is 0 Å². The van der Waals surface area contributed by atoms with E-state index in [2.05, 4.69) is 4.90 Å². The highest BCUT2D eigenvalue weighted by Gasteiger charge is 2.54. The lowest BCUT2D eigenvalue weighted by Gasteiger charge is -2.32. The maximum Gasteiger partial charge on any atom is 0.248 e. The molecule has 148 valence electrons. The van der Waals surface area contributed by atoms with Gasteiger partial charge in [0, 0.05) is 51.2 Å². The molecular weight excluding hydrogens is 349 g/mol.